The fourth-order valence-electron chi connectivity index (χ4n) is 7.24. The summed E-state index contributed by atoms with van der Waals surface area (Å²) in [5.41, 5.74) is 11.5. The molecule has 1 aliphatic rings. The summed E-state index contributed by atoms with van der Waals surface area (Å²) in [4.78, 5) is 0. The summed E-state index contributed by atoms with van der Waals surface area (Å²) in [6.45, 7) is 0. The molecule has 0 N–H and O–H groups in total. The van der Waals surface area contributed by atoms with Crippen LogP contribution in [0, 0.1) is 0 Å². The lowest BCUT2D eigenvalue weighted by atomic mass is 9.85. The first-order valence-electron chi connectivity index (χ1n) is 15.2. The minimum Gasteiger partial charge on any atom is -0.309 e. The number of nitrogens with zero attached hydrogens (tertiary/aromatic N) is 1. The largest absolute Gasteiger partial charge is 0.309 e. The van der Waals surface area contributed by atoms with E-state index in [2.05, 4.69) is 156 Å². The first kappa shape index (κ1) is 24.2. The average Bonchev–Trinajstić information content (AvgIpc) is 3.42. The summed E-state index contributed by atoms with van der Waals surface area (Å²) in [6.07, 6.45) is 6.88. The molecule has 0 amide bonds. The number of fused-ring (bicyclic) bond motifs is 9. The molecule has 43 heavy (non-hydrogen) atoms. The predicted molar refractivity (Wildman–Crippen MR) is 184 cm³/mol. The van der Waals surface area contributed by atoms with Crippen molar-refractivity contribution in [3.63, 3.8) is 0 Å². The zero-order chi connectivity index (χ0) is 28.3. The van der Waals surface area contributed by atoms with Crippen molar-refractivity contribution in [3.8, 4) is 27.9 Å². The van der Waals surface area contributed by atoms with Gasteiger partial charge in [-0.2, -0.15) is 0 Å². The van der Waals surface area contributed by atoms with Crippen LogP contribution in [0.5, 0.6) is 0 Å². The minimum absolute atomic E-state index is 1.10. The van der Waals surface area contributed by atoms with E-state index >= 15 is 0 Å². The molecule has 0 aliphatic heterocycles. The predicted octanol–water partition coefficient (Wildman–Crippen LogP) is 11.4. The molecule has 202 valence electrons. The number of aryl methyl sites for hydroxylation is 1. The molecule has 0 spiro atoms. The van der Waals surface area contributed by atoms with E-state index in [-0.39, 0.29) is 0 Å². The molecule has 0 fully saturated rings. The van der Waals surface area contributed by atoms with Gasteiger partial charge in [0.15, 0.2) is 0 Å². The van der Waals surface area contributed by atoms with Crippen LogP contribution in [-0.2, 0) is 6.42 Å². The first-order chi connectivity index (χ1) is 21.3. The summed E-state index contributed by atoms with van der Waals surface area (Å²) >= 11 is 0. The second-order valence-electron chi connectivity index (χ2n) is 11.6. The Morgan fingerprint density at radius 1 is 0.419 bits per heavy atom. The molecule has 1 heteroatoms. The number of aromatic nitrogens is 1. The van der Waals surface area contributed by atoms with Crippen molar-refractivity contribution in [3.05, 3.63) is 157 Å². The van der Waals surface area contributed by atoms with E-state index in [1.54, 1.807) is 0 Å². The number of benzene rings is 7. The molecule has 1 aliphatic carbocycles. The fourth-order valence-corrected chi connectivity index (χ4v) is 7.24. The molecule has 0 unspecified atom stereocenters. The van der Waals surface area contributed by atoms with Crippen LogP contribution in [0.15, 0.2) is 146 Å². The quantitative estimate of drug-likeness (QED) is 0.194. The second-order valence-corrected chi connectivity index (χ2v) is 11.6. The Morgan fingerprint density at radius 3 is 1.88 bits per heavy atom. The van der Waals surface area contributed by atoms with Gasteiger partial charge in [0.2, 0.25) is 0 Å². The molecule has 0 atom stereocenters. The highest BCUT2D eigenvalue weighted by atomic mass is 15.0. The van der Waals surface area contributed by atoms with E-state index in [1.165, 1.54) is 82.4 Å². The molecule has 9 rings (SSSR count). The van der Waals surface area contributed by atoms with Crippen molar-refractivity contribution in [2.45, 2.75) is 12.8 Å². The van der Waals surface area contributed by atoms with Crippen LogP contribution >= 0.6 is 0 Å². The fraction of sp³-hybridized carbons (Fsp3) is 0.0476. The Labute approximate surface area is 251 Å². The third kappa shape index (κ3) is 3.78. The maximum absolute atomic E-state index is 2.41. The van der Waals surface area contributed by atoms with Crippen LogP contribution < -0.4 is 0 Å². The van der Waals surface area contributed by atoms with Crippen molar-refractivity contribution in [2.75, 3.05) is 0 Å². The number of hydrogen-bond acceptors (Lipinski definition) is 0. The van der Waals surface area contributed by atoms with E-state index in [1.807, 2.05) is 0 Å². The monoisotopic (exact) mass is 547 g/mol. The highest BCUT2D eigenvalue weighted by Crippen LogP contribution is 2.39. The maximum atomic E-state index is 2.41. The Balaban J connectivity index is 1.19. The molecule has 7 aromatic carbocycles. The van der Waals surface area contributed by atoms with Gasteiger partial charge in [-0.05, 0) is 110 Å². The van der Waals surface area contributed by atoms with Crippen molar-refractivity contribution >= 4 is 49.4 Å². The number of rotatable bonds is 3. The molecular weight excluding hydrogens is 518 g/mol. The lowest BCUT2D eigenvalue weighted by Gasteiger charge is -2.18. The molecule has 0 saturated heterocycles. The van der Waals surface area contributed by atoms with E-state index < -0.39 is 0 Å². The molecule has 1 aromatic heterocycles. The van der Waals surface area contributed by atoms with Crippen molar-refractivity contribution < 1.29 is 0 Å². The Hall–Kier alpha value is -5.40. The number of hydrogen-bond donors (Lipinski definition) is 0. The molecular formula is C42H29N. The van der Waals surface area contributed by atoms with Crippen LogP contribution in [0.1, 0.15) is 17.5 Å². The van der Waals surface area contributed by atoms with Gasteiger partial charge >= 0.3 is 0 Å². The highest BCUT2D eigenvalue weighted by molar-refractivity contribution is 6.14. The normalized spacial score (nSPS) is 12.8. The minimum atomic E-state index is 1.10. The van der Waals surface area contributed by atoms with Crippen LogP contribution in [0.2, 0.25) is 0 Å². The lowest BCUT2D eigenvalue weighted by Crippen LogP contribution is -1.98. The van der Waals surface area contributed by atoms with Crippen LogP contribution in [0.3, 0.4) is 0 Å². The lowest BCUT2D eigenvalue weighted by molar-refractivity contribution is 1.00. The second kappa shape index (κ2) is 9.58. The zero-order valence-corrected chi connectivity index (χ0v) is 23.8. The van der Waals surface area contributed by atoms with Gasteiger partial charge in [0.05, 0.1) is 11.0 Å². The smallest absolute Gasteiger partial charge is 0.0541 e. The summed E-state index contributed by atoms with van der Waals surface area (Å²) in [5.74, 6) is 0. The zero-order valence-electron chi connectivity index (χ0n) is 23.8. The van der Waals surface area contributed by atoms with Crippen molar-refractivity contribution in [2.24, 2.45) is 0 Å². The molecule has 0 bridgehead atoms. The van der Waals surface area contributed by atoms with Crippen LogP contribution in [-0.4, -0.2) is 4.57 Å². The average molecular weight is 548 g/mol. The molecule has 0 radical (unpaired) electrons. The molecule has 1 heterocycles. The van der Waals surface area contributed by atoms with E-state index in [9.17, 15) is 0 Å². The highest BCUT2D eigenvalue weighted by Gasteiger charge is 2.16. The SMILES string of the molecule is C1=Cc2c(c3ccccc3c3ccc(-c4cccc(-c5ccc6c(c5)c5ccccc5n6-c5ccccc5)c4)cc23)CC1. The van der Waals surface area contributed by atoms with Crippen LogP contribution in [0.4, 0.5) is 0 Å². The van der Waals surface area contributed by atoms with E-state index in [4.69, 9.17) is 0 Å². The third-order valence-corrected chi connectivity index (χ3v) is 9.24. The topological polar surface area (TPSA) is 4.93 Å². The molecule has 8 aromatic rings. The summed E-state index contributed by atoms with van der Waals surface area (Å²) in [6, 6.07) is 51.3. The van der Waals surface area contributed by atoms with Gasteiger partial charge in [0.25, 0.3) is 0 Å². The summed E-state index contributed by atoms with van der Waals surface area (Å²) < 4.78 is 2.37. The number of allylic oxidation sites excluding steroid dienone is 1. The number of para-hydroxylation sites is 2. The molecule has 1 nitrogen and oxygen atoms in total. The van der Waals surface area contributed by atoms with E-state index in [0.717, 1.165) is 12.8 Å². The molecule has 0 saturated carbocycles. The van der Waals surface area contributed by atoms with Gasteiger partial charge in [-0.1, -0.05) is 109 Å². The third-order valence-electron chi connectivity index (χ3n) is 9.24. The van der Waals surface area contributed by atoms with Crippen molar-refractivity contribution in [1.82, 2.24) is 4.57 Å². The van der Waals surface area contributed by atoms with Gasteiger partial charge in [0.1, 0.15) is 0 Å². The van der Waals surface area contributed by atoms with Gasteiger partial charge in [0, 0.05) is 16.5 Å². The maximum Gasteiger partial charge on any atom is 0.0541 e. The van der Waals surface area contributed by atoms with E-state index in [0.29, 0.717) is 0 Å². The Kier molecular flexibility index (Phi) is 5.39. The Morgan fingerprint density at radius 2 is 1.05 bits per heavy atom. The van der Waals surface area contributed by atoms with Crippen molar-refractivity contribution in [1.29, 1.82) is 0 Å². The standard InChI is InChI=1S/C42H29N/c1-2-13-32(14-3-1)43-41-20-9-8-19-38(41)40-27-31(22-24-42(40)43)29-12-10-11-28(25-29)30-21-23-37-35-17-5-4-15-33(35)34-16-6-7-18-36(34)39(37)26-30/h1-5,7-15,17-27H,6,16H2. The summed E-state index contributed by atoms with van der Waals surface area (Å²) in [7, 11) is 0. The summed E-state index contributed by atoms with van der Waals surface area (Å²) in [5, 5.41) is 7.99. The van der Waals surface area contributed by atoms with Crippen LogP contribution in [0.25, 0.3) is 77.4 Å². The first-order valence-corrected chi connectivity index (χ1v) is 15.2. The van der Waals surface area contributed by atoms with Gasteiger partial charge in [-0.25, -0.2) is 0 Å². The van der Waals surface area contributed by atoms with Gasteiger partial charge in [-0.15, -0.1) is 0 Å². The Bertz CT molecular complexity index is 2390. The van der Waals surface area contributed by atoms with Gasteiger partial charge in [-0.3, -0.25) is 0 Å². The van der Waals surface area contributed by atoms with Gasteiger partial charge < -0.3 is 4.57 Å².